The van der Waals surface area contributed by atoms with E-state index in [4.69, 9.17) is 9.47 Å². The van der Waals surface area contributed by atoms with E-state index in [1.165, 1.54) is 5.56 Å². The second-order valence-electron chi connectivity index (χ2n) is 4.62. The Hall–Kier alpha value is -1.22. The lowest BCUT2D eigenvalue weighted by Crippen LogP contribution is -2.33. The minimum Gasteiger partial charge on any atom is -0.493 e. The van der Waals surface area contributed by atoms with Crippen molar-refractivity contribution in [3.8, 4) is 11.5 Å². The standard InChI is InChI=1S/C14H23NO2/c1-10(2)15-11(3)8-12-6-7-13(16-4)14(9-12)17-5/h6-7,9-11,15H,8H2,1-5H3/t11-/m0/s1. The molecule has 1 atom stereocenters. The van der Waals surface area contributed by atoms with Crippen LogP contribution in [0.5, 0.6) is 11.5 Å². The van der Waals surface area contributed by atoms with Gasteiger partial charge in [0, 0.05) is 12.1 Å². The molecule has 0 saturated carbocycles. The van der Waals surface area contributed by atoms with Gasteiger partial charge in [-0.3, -0.25) is 0 Å². The van der Waals surface area contributed by atoms with Crippen molar-refractivity contribution in [1.29, 1.82) is 0 Å². The second-order valence-corrected chi connectivity index (χ2v) is 4.62. The lowest BCUT2D eigenvalue weighted by Gasteiger charge is -2.17. The van der Waals surface area contributed by atoms with Crippen LogP contribution in [0.1, 0.15) is 26.3 Å². The number of rotatable bonds is 6. The van der Waals surface area contributed by atoms with Crippen LogP contribution in [0.2, 0.25) is 0 Å². The quantitative estimate of drug-likeness (QED) is 0.825. The summed E-state index contributed by atoms with van der Waals surface area (Å²) >= 11 is 0. The molecular weight excluding hydrogens is 214 g/mol. The molecule has 0 bridgehead atoms. The zero-order valence-electron chi connectivity index (χ0n) is 11.4. The highest BCUT2D eigenvalue weighted by molar-refractivity contribution is 5.43. The Kier molecular flexibility index (Phi) is 5.29. The summed E-state index contributed by atoms with van der Waals surface area (Å²) in [5.74, 6) is 1.57. The van der Waals surface area contributed by atoms with E-state index in [9.17, 15) is 0 Å². The van der Waals surface area contributed by atoms with Crippen molar-refractivity contribution in [2.24, 2.45) is 0 Å². The molecular formula is C14H23NO2. The topological polar surface area (TPSA) is 30.5 Å². The fourth-order valence-corrected chi connectivity index (χ4v) is 1.99. The van der Waals surface area contributed by atoms with Crippen molar-refractivity contribution < 1.29 is 9.47 Å². The molecule has 3 heteroatoms. The van der Waals surface area contributed by atoms with Gasteiger partial charge in [0.2, 0.25) is 0 Å². The first-order valence-electron chi connectivity index (χ1n) is 6.03. The van der Waals surface area contributed by atoms with Crippen molar-refractivity contribution in [3.63, 3.8) is 0 Å². The van der Waals surface area contributed by atoms with Gasteiger partial charge in [-0.15, -0.1) is 0 Å². The summed E-state index contributed by atoms with van der Waals surface area (Å²) in [6.45, 7) is 6.51. The zero-order chi connectivity index (χ0) is 12.8. The highest BCUT2D eigenvalue weighted by Crippen LogP contribution is 2.27. The molecule has 3 nitrogen and oxygen atoms in total. The van der Waals surface area contributed by atoms with Crippen molar-refractivity contribution in [2.75, 3.05) is 14.2 Å². The fraction of sp³-hybridized carbons (Fsp3) is 0.571. The molecule has 0 saturated heterocycles. The Balaban J connectivity index is 2.72. The van der Waals surface area contributed by atoms with Gasteiger partial charge in [-0.2, -0.15) is 0 Å². The van der Waals surface area contributed by atoms with E-state index in [1.54, 1.807) is 14.2 Å². The van der Waals surface area contributed by atoms with Crippen molar-refractivity contribution in [2.45, 2.75) is 39.3 Å². The fourth-order valence-electron chi connectivity index (χ4n) is 1.99. The lowest BCUT2D eigenvalue weighted by molar-refractivity contribution is 0.354. The summed E-state index contributed by atoms with van der Waals surface area (Å²) in [7, 11) is 3.32. The van der Waals surface area contributed by atoms with Crippen LogP contribution in [0.3, 0.4) is 0 Å². The molecule has 0 aliphatic heterocycles. The molecule has 96 valence electrons. The van der Waals surface area contributed by atoms with Gasteiger partial charge in [-0.1, -0.05) is 19.9 Å². The Morgan fingerprint density at radius 2 is 1.71 bits per heavy atom. The molecule has 0 aromatic heterocycles. The van der Waals surface area contributed by atoms with E-state index in [1.807, 2.05) is 12.1 Å². The second kappa shape index (κ2) is 6.50. The Bertz CT molecular complexity index is 350. The van der Waals surface area contributed by atoms with Gasteiger partial charge in [0.1, 0.15) is 0 Å². The summed E-state index contributed by atoms with van der Waals surface area (Å²) in [6, 6.07) is 7.03. The number of hydrogen-bond acceptors (Lipinski definition) is 3. The summed E-state index contributed by atoms with van der Waals surface area (Å²) in [5, 5.41) is 3.49. The smallest absolute Gasteiger partial charge is 0.160 e. The molecule has 1 aromatic carbocycles. The van der Waals surface area contributed by atoms with Crippen molar-refractivity contribution in [1.82, 2.24) is 5.32 Å². The minimum atomic E-state index is 0.452. The van der Waals surface area contributed by atoms with Gasteiger partial charge in [-0.05, 0) is 31.0 Å². The third-order valence-electron chi connectivity index (χ3n) is 2.61. The van der Waals surface area contributed by atoms with E-state index in [2.05, 4.69) is 32.2 Å². The van der Waals surface area contributed by atoms with Crippen LogP contribution in [0.4, 0.5) is 0 Å². The van der Waals surface area contributed by atoms with Crippen LogP contribution in [-0.2, 0) is 6.42 Å². The van der Waals surface area contributed by atoms with Crippen LogP contribution in [-0.4, -0.2) is 26.3 Å². The Morgan fingerprint density at radius 3 is 2.24 bits per heavy atom. The Morgan fingerprint density at radius 1 is 1.06 bits per heavy atom. The number of nitrogens with one attached hydrogen (secondary N) is 1. The molecule has 17 heavy (non-hydrogen) atoms. The van der Waals surface area contributed by atoms with Gasteiger partial charge in [0.25, 0.3) is 0 Å². The van der Waals surface area contributed by atoms with E-state index >= 15 is 0 Å². The highest BCUT2D eigenvalue weighted by Gasteiger charge is 2.08. The highest BCUT2D eigenvalue weighted by atomic mass is 16.5. The van der Waals surface area contributed by atoms with E-state index in [0.717, 1.165) is 17.9 Å². The average Bonchev–Trinajstić information content (AvgIpc) is 2.27. The van der Waals surface area contributed by atoms with Crippen LogP contribution >= 0.6 is 0 Å². The van der Waals surface area contributed by atoms with E-state index in [-0.39, 0.29) is 0 Å². The van der Waals surface area contributed by atoms with Gasteiger partial charge >= 0.3 is 0 Å². The predicted molar refractivity (Wildman–Crippen MR) is 71.0 cm³/mol. The minimum absolute atomic E-state index is 0.452. The molecule has 0 spiro atoms. The maximum Gasteiger partial charge on any atom is 0.160 e. The number of methoxy groups -OCH3 is 2. The van der Waals surface area contributed by atoms with E-state index in [0.29, 0.717) is 12.1 Å². The Labute approximate surface area is 104 Å². The molecule has 0 unspecified atom stereocenters. The first-order chi connectivity index (χ1) is 8.06. The summed E-state index contributed by atoms with van der Waals surface area (Å²) in [5.41, 5.74) is 1.25. The summed E-state index contributed by atoms with van der Waals surface area (Å²) in [4.78, 5) is 0. The molecule has 1 aromatic rings. The molecule has 0 amide bonds. The van der Waals surface area contributed by atoms with Gasteiger partial charge in [-0.25, -0.2) is 0 Å². The molecule has 0 aliphatic carbocycles. The number of ether oxygens (including phenoxy) is 2. The molecule has 0 heterocycles. The van der Waals surface area contributed by atoms with Crippen LogP contribution in [0.25, 0.3) is 0 Å². The zero-order valence-corrected chi connectivity index (χ0v) is 11.4. The normalized spacial score (nSPS) is 12.6. The molecule has 0 radical (unpaired) electrons. The van der Waals surface area contributed by atoms with Crippen molar-refractivity contribution >= 4 is 0 Å². The summed E-state index contributed by atoms with van der Waals surface area (Å²) < 4.78 is 10.5. The first kappa shape index (κ1) is 13.8. The van der Waals surface area contributed by atoms with Crippen molar-refractivity contribution in [3.05, 3.63) is 23.8 Å². The molecule has 0 aliphatic rings. The molecule has 1 rings (SSSR count). The maximum atomic E-state index is 5.29. The average molecular weight is 237 g/mol. The van der Waals surface area contributed by atoms with Gasteiger partial charge < -0.3 is 14.8 Å². The third kappa shape index (κ3) is 4.27. The van der Waals surface area contributed by atoms with Gasteiger partial charge in [0.15, 0.2) is 11.5 Å². The maximum absolute atomic E-state index is 5.29. The predicted octanol–water partition coefficient (Wildman–Crippen LogP) is 2.63. The first-order valence-corrected chi connectivity index (χ1v) is 6.03. The van der Waals surface area contributed by atoms with E-state index < -0.39 is 0 Å². The third-order valence-corrected chi connectivity index (χ3v) is 2.61. The number of benzene rings is 1. The monoisotopic (exact) mass is 237 g/mol. The molecule has 0 fully saturated rings. The van der Waals surface area contributed by atoms with Crippen LogP contribution in [0.15, 0.2) is 18.2 Å². The van der Waals surface area contributed by atoms with Gasteiger partial charge in [0.05, 0.1) is 14.2 Å². The van der Waals surface area contributed by atoms with Crippen LogP contribution in [0, 0.1) is 0 Å². The van der Waals surface area contributed by atoms with Crippen LogP contribution < -0.4 is 14.8 Å². The summed E-state index contributed by atoms with van der Waals surface area (Å²) in [6.07, 6.45) is 0.985. The molecule has 1 N–H and O–H groups in total. The number of hydrogen-bond donors (Lipinski definition) is 1. The largest absolute Gasteiger partial charge is 0.493 e. The lowest BCUT2D eigenvalue weighted by atomic mass is 10.1. The SMILES string of the molecule is COc1ccc(C[C@H](C)NC(C)C)cc1OC.